The van der Waals surface area contributed by atoms with E-state index >= 15 is 8.78 Å². The number of carbonyl (C=O) groups excluding carboxylic acids is 1. The summed E-state index contributed by atoms with van der Waals surface area (Å²) in [5, 5.41) is 9.50. The van der Waals surface area contributed by atoms with E-state index in [2.05, 4.69) is 32.3 Å². The fourth-order valence-electron chi connectivity index (χ4n) is 7.80. The zero-order chi connectivity index (χ0) is 44.9. The number of alkyl halides is 8. The number of sulfone groups is 1. The Morgan fingerprint density at radius 1 is 1.00 bits per heavy atom. The maximum atomic E-state index is 15.6. The molecule has 3 N–H and O–H groups in total. The zero-order valence-electron chi connectivity index (χ0n) is 32.1. The summed E-state index contributed by atoms with van der Waals surface area (Å²) < 4.78 is 169. The maximum absolute atomic E-state index is 15.6. The number of pyridine rings is 1. The number of fused-ring (bicyclic) bond motifs is 4. The third kappa shape index (κ3) is 8.11. The molecule has 10 nitrogen and oxygen atoms in total. The van der Waals surface area contributed by atoms with Crippen molar-refractivity contribution in [2.75, 3.05) is 12.0 Å². The van der Waals surface area contributed by atoms with E-state index in [1.807, 2.05) is 0 Å². The van der Waals surface area contributed by atoms with Crippen molar-refractivity contribution in [3.63, 3.8) is 0 Å². The number of aromatic nitrogens is 5. The highest BCUT2D eigenvalue weighted by Crippen LogP contribution is 2.71. The van der Waals surface area contributed by atoms with Crippen molar-refractivity contribution in [1.82, 2.24) is 29.9 Å². The van der Waals surface area contributed by atoms with E-state index in [9.17, 15) is 48.3 Å². The van der Waals surface area contributed by atoms with Crippen LogP contribution in [0, 0.1) is 35.3 Å². The van der Waals surface area contributed by atoms with Crippen LogP contribution in [-0.2, 0) is 46.2 Å². The lowest BCUT2D eigenvalue weighted by Gasteiger charge is -2.23. The SMILES string of the molecule is C[C@H]1C2[C@H]1c1c(C(F)(F)F)nn(CC(=O)N[C@@H](Cc3cc(F)cc(F)c3)c3nc(C#CC(C)(C)S(C)(=O)=O)ccc3-c3ccc(Cl)c4c(N)nn(CC(F)(F)F)c34)c1C2(F)F. The van der Waals surface area contributed by atoms with Crippen LogP contribution in [0.4, 0.5) is 49.7 Å². The number of halogens is 11. The molecule has 1 saturated carbocycles. The smallest absolute Gasteiger partial charge is 0.382 e. The highest BCUT2D eigenvalue weighted by Gasteiger charge is 2.72. The van der Waals surface area contributed by atoms with Gasteiger partial charge in [0.15, 0.2) is 21.3 Å². The Balaban J connectivity index is 1.42. The molecule has 1 amide bonds. The Morgan fingerprint density at radius 2 is 1.64 bits per heavy atom. The lowest BCUT2D eigenvalue weighted by molar-refractivity contribution is -0.143. The van der Waals surface area contributed by atoms with Crippen LogP contribution in [0.2, 0.25) is 5.02 Å². The molecule has 1 unspecified atom stereocenters. The Kier molecular flexibility index (Phi) is 10.5. The molecule has 3 heterocycles. The predicted octanol–water partition coefficient (Wildman–Crippen LogP) is 8.12. The standard InChI is InChI=1S/C39H32ClF10N7O3S/c1-17-27-29-33(39(48,49)50)54-56(34(29)38(46,47)30(17)27)15-26(58)53-25(13-18-11-19(41)14-20(42)12-18)31-22(6-5-21(52-31)9-10-36(2,3)61(4,59)60)23-7-8-24(40)28-32(23)57(55-35(28)51)16-37(43,44)45/h5-8,11-12,14,17,25,27,30H,13,15-16H2,1-4H3,(H2,51,55)(H,53,58)/t17-,25+,27-,30?/m1/s1. The molecule has 4 atom stereocenters. The summed E-state index contributed by atoms with van der Waals surface area (Å²) in [5.74, 6) is -5.78. The monoisotopic (exact) mass is 903 g/mol. The molecule has 0 radical (unpaired) electrons. The van der Waals surface area contributed by atoms with Crippen LogP contribution in [0.15, 0.2) is 42.5 Å². The molecule has 2 aromatic carbocycles. The highest BCUT2D eigenvalue weighted by atomic mass is 35.5. The number of hydrogen-bond donors (Lipinski definition) is 2. The van der Waals surface area contributed by atoms with Gasteiger partial charge in [0, 0.05) is 40.8 Å². The van der Waals surface area contributed by atoms with Gasteiger partial charge in [-0.05, 0) is 68.0 Å². The van der Waals surface area contributed by atoms with E-state index in [1.54, 1.807) is 0 Å². The van der Waals surface area contributed by atoms with Gasteiger partial charge in [-0.1, -0.05) is 30.5 Å². The summed E-state index contributed by atoms with van der Waals surface area (Å²) >= 11 is 6.39. The topological polar surface area (TPSA) is 138 Å². The first-order valence-electron chi connectivity index (χ1n) is 18.1. The Morgan fingerprint density at radius 3 is 2.25 bits per heavy atom. The fraction of sp³-hybridized carbons (Fsp3) is 0.385. The van der Waals surface area contributed by atoms with Gasteiger partial charge in [0.2, 0.25) is 5.91 Å². The molecule has 7 rings (SSSR count). The van der Waals surface area contributed by atoms with E-state index in [-0.39, 0.29) is 48.7 Å². The van der Waals surface area contributed by atoms with Crippen molar-refractivity contribution in [3.05, 3.63) is 93.0 Å². The molecule has 22 heteroatoms. The summed E-state index contributed by atoms with van der Waals surface area (Å²) in [7, 11) is -3.80. The quantitative estimate of drug-likeness (QED) is 0.113. The normalized spacial score (nSPS) is 19.0. The first kappa shape index (κ1) is 43.7. The number of hydrogen-bond acceptors (Lipinski definition) is 7. The van der Waals surface area contributed by atoms with Crippen molar-refractivity contribution in [1.29, 1.82) is 0 Å². The van der Waals surface area contributed by atoms with Gasteiger partial charge in [0.05, 0.1) is 27.7 Å². The first-order chi connectivity index (χ1) is 28.1. The first-order valence-corrected chi connectivity index (χ1v) is 20.4. The molecule has 0 aliphatic heterocycles. The number of nitrogens with one attached hydrogen (secondary N) is 1. The summed E-state index contributed by atoms with van der Waals surface area (Å²) in [6.45, 7) is 1.09. The van der Waals surface area contributed by atoms with Crippen LogP contribution in [0.3, 0.4) is 0 Å². The number of carbonyl (C=O) groups is 1. The van der Waals surface area contributed by atoms with E-state index < -0.39 is 116 Å². The van der Waals surface area contributed by atoms with Gasteiger partial charge in [0.25, 0.3) is 5.92 Å². The van der Waals surface area contributed by atoms with Crippen LogP contribution < -0.4 is 11.1 Å². The van der Waals surface area contributed by atoms with Gasteiger partial charge < -0.3 is 11.1 Å². The second-order valence-corrected chi connectivity index (χ2v) is 18.5. The lowest BCUT2D eigenvalue weighted by Crippen LogP contribution is -2.35. The molecular weight excluding hydrogens is 872 g/mol. The molecular formula is C39H32ClF10N7O3S. The number of nitrogen functional groups attached to an aromatic ring is 1. The number of nitrogens with two attached hydrogens (primary N) is 1. The van der Waals surface area contributed by atoms with Crippen molar-refractivity contribution < 1.29 is 57.1 Å². The molecule has 0 saturated heterocycles. The molecule has 2 aliphatic rings. The summed E-state index contributed by atoms with van der Waals surface area (Å²) in [6, 6.07) is 5.79. The van der Waals surface area contributed by atoms with Crippen LogP contribution in [-0.4, -0.2) is 56.0 Å². The van der Waals surface area contributed by atoms with Crippen LogP contribution in [0.5, 0.6) is 0 Å². The maximum Gasteiger partial charge on any atom is 0.435 e. The second-order valence-electron chi connectivity index (χ2n) is 15.5. The largest absolute Gasteiger partial charge is 0.435 e. The second kappa shape index (κ2) is 14.6. The van der Waals surface area contributed by atoms with Crippen LogP contribution in [0.25, 0.3) is 22.0 Å². The average molecular weight is 904 g/mol. The molecule has 3 aromatic heterocycles. The third-order valence-corrected chi connectivity index (χ3v) is 13.1. The number of anilines is 1. The van der Waals surface area contributed by atoms with E-state index in [4.69, 9.17) is 17.3 Å². The Labute approximate surface area is 345 Å². The number of benzene rings is 2. The van der Waals surface area contributed by atoms with Crippen molar-refractivity contribution in [3.8, 4) is 23.0 Å². The zero-order valence-corrected chi connectivity index (χ0v) is 33.6. The minimum atomic E-state index is -5.17. The van der Waals surface area contributed by atoms with E-state index in [0.717, 1.165) is 18.4 Å². The van der Waals surface area contributed by atoms with Gasteiger partial charge in [-0.25, -0.2) is 22.2 Å². The van der Waals surface area contributed by atoms with Gasteiger partial charge >= 0.3 is 12.4 Å². The van der Waals surface area contributed by atoms with Crippen molar-refractivity contribution >= 4 is 44.1 Å². The Hall–Kier alpha value is -5.36. The molecule has 0 bridgehead atoms. The summed E-state index contributed by atoms with van der Waals surface area (Å²) in [4.78, 5) is 18.5. The van der Waals surface area contributed by atoms with E-state index in [1.165, 1.54) is 45.0 Å². The molecule has 0 spiro atoms. The third-order valence-electron chi connectivity index (χ3n) is 10.9. The van der Waals surface area contributed by atoms with Gasteiger partial charge in [0.1, 0.15) is 40.9 Å². The van der Waals surface area contributed by atoms with E-state index in [0.29, 0.717) is 10.7 Å². The number of nitrogens with zero attached hydrogens (tertiary/aromatic N) is 5. The fourth-order valence-corrected chi connectivity index (χ4v) is 8.28. The van der Waals surface area contributed by atoms with Gasteiger partial charge in [-0.15, -0.1) is 0 Å². The minimum absolute atomic E-state index is 0.0799. The van der Waals surface area contributed by atoms with Crippen LogP contribution in [0.1, 0.15) is 66.6 Å². The molecule has 61 heavy (non-hydrogen) atoms. The summed E-state index contributed by atoms with van der Waals surface area (Å²) in [5.41, 5.74) is 1.60. The predicted molar refractivity (Wildman–Crippen MR) is 202 cm³/mol. The van der Waals surface area contributed by atoms with Crippen LogP contribution >= 0.6 is 11.6 Å². The average Bonchev–Trinajstić information content (AvgIpc) is 3.34. The molecule has 1 fully saturated rings. The lowest BCUT2D eigenvalue weighted by atomic mass is 9.93. The van der Waals surface area contributed by atoms with Crippen molar-refractivity contribution in [2.45, 2.75) is 75.3 Å². The molecule has 324 valence electrons. The van der Waals surface area contributed by atoms with Gasteiger partial charge in [-0.2, -0.15) is 45.3 Å². The van der Waals surface area contributed by atoms with Crippen molar-refractivity contribution in [2.24, 2.45) is 11.8 Å². The molecule has 2 aliphatic carbocycles. The molecule has 5 aromatic rings. The summed E-state index contributed by atoms with van der Waals surface area (Å²) in [6.07, 6.45) is -9.65. The number of amides is 1. The highest BCUT2D eigenvalue weighted by molar-refractivity contribution is 7.92. The Bertz CT molecular complexity index is 2790. The van der Waals surface area contributed by atoms with Gasteiger partial charge in [-0.3, -0.25) is 14.2 Å². The minimum Gasteiger partial charge on any atom is -0.382 e. The number of rotatable bonds is 9.